The van der Waals surface area contributed by atoms with E-state index in [1.54, 1.807) is 6.08 Å². The molecule has 0 saturated heterocycles. The fraction of sp³-hybridized carbons (Fsp3) is 0.250. The van der Waals surface area contributed by atoms with Gasteiger partial charge in [-0.05, 0) is 46.0 Å². The number of hydrogen-bond donors (Lipinski definition) is 1. The summed E-state index contributed by atoms with van der Waals surface area (Å²) < 4.78 is 0.980. The van der Waals surface area contributed by atoms with Crippen molar-refractivity contribution in [2.24, 2.45) is 0 Å². The Morgan fingerprint density at radius 2 is 2.19 bits per heavy atom. The van der Waals surface area contributed by atoms with Crippen LogP contribution >= 0.6 is 31.9 Å². The summed E-state index contributed by atoms with van der Waals surface area (Å²) in [6.07, 6.45) is 4.78. The average Bonchev–Trinajstić information content (AvgIpc) is 2.26. The van der Waals surface area contributed by atoms with Crippen LogP contribution in [0.15, 0.2) is 28.7 Å². The monoisotopic (exact) mass is 346 g/mol. The third kappa shape index (κ3) is 4.10. The van der Waals surface area contributed by atoms with Gasteiger partial charge in [0.05, 0.1) is 0 Å². The molecule has 0 spiro atoms. The van der Waals surface area contributed by atoms with E-state index in [4.69, 9.17) is 5.11 Å². The molecular weight excluding hydrogens is 336 g/mol. The Kier molecular flexibility index (Phi) is 5.77. The number of carboxylic acid groups (broad SMARTS) is 1. The maximum absolute atomic E-state index is 10.4. The lowest BCUT2D eigenvalue weighted by molar-refractivity contribution is -0.131. The summed E-state index contributed by atoms with van der Waals surface area (Å²) in [5.41, 5.74) is 2.10. The van der Waals surface area contributed by atoms with Crippen LogP contribution in [0.2, 0.25) is 0 Å². The maximum Gasteiger partial charge on any atom is 0.328 e. The van der Waals surface area contributed by atoms with Gasteiger partial charge in [-0.3, -0.25) is 0 Å². The van der Waals surface area contributed by atoms with E-state index < -0.39 is 5.97 Å². The Labute approximate surface area is 112 Å². The molecule has 0 heterocycles. The Balaban J connectivity index is 2.90. The molecule has 0 aliphatic heterocycles. The summed E-state index contributed by atoms with van der Waals surface area (Å²) in [6.45, 7) is 0. The Bertz CT molecular complexity index is 400. The Morgan fingerprint density at radius 1 is 1.44 bits per heavy atom. The van der Waals surface area contributed by atoms with Crippen LogP contribution in [0.1, 0.15) is 17.5 Å². The highest BCUT2D eigenvalue weighted by atomic mass is 79.9. The summed E-state index contributed by atoms with van der Waals surface area (Å²) in [5.74, 6) is -0.933. The van der Waals surface area contributed by atoms with Crippen molar-refractivity contribution in [3.05, 3.63) is 39.9 Å². The molecule has 1 aromatic rings. The molecule has 2 nitrogen and oxygen atoms in total. The van der Waals surface area contributed by atoms with Crippen molar-refractivity contribution in [2.45, 2.75) is 12.8 Å². The summed E-state index contributed by atoms with van der Waals surface area (Å²) in [6, 6.07) is 5.88. The van der Waals surface area contributed by atoms with Gasteiger partial charge >= 0.3 is 5.97 Å². The molecule has 0 unspecified atom stereocenters. The van der Waals surface area contributed by atoms with E-state index in [0.717, 1.165) is 34.3 Å². The van der Waals surface area contributed by atoms with Gasteiger partial charge in [-0.1, -0.05) is 34.1 Å². The van der Waals surface area contributed by atoms with Crippen molar-refractivity contribution in [2.75, 3.05) is 5.33 Å². The first-order valence-electron chi connectivity index (χ1n) is 4.89. The molecule has 0 radical (unpaired) electrons. The molecule has 0 bridgehead atoms. The van der Waals surface area contributed by atoms with Crippen LogP contribution in [-0.4, -0.2) is 16.4 Å². The normalized spacial score (nSPS) is 10.9. The standard InChI is InChI=1S/C12H12Br2O2/c13-8-2-5-9-3-1-4-10(12(9)14)6-7-11(15)16/h1,3-4,6-7H,2,5,8H2,(H,15,16)/b7-6+. The largest absolute Gasteiger partial charge is 0.478 e. The van der Waals surface area contributed by atoms with Gasteiger partial charge in [0.15, 0.2) is 0 Å². The SMILES string of the molecule is O=C(O)/C=C/c1cccc(CCCBr)c1Br. The minimum Gasteiger partial charge on any atom is -0.478 e. The van der Waals surface area contributed by atoms with Crippen LogP contribution in [0.5, 0.6) is 0 Å². The summed E-state index contributed by atoms with van der Waals surface area (Å²) in [5, 5.41) is 9.54. The first kappa shape index (κ1) is 13.5. The van der Waals surface area contributed by atoms with Crippen LogP contribution in [-0.2, 0) is 11.2 Å². The van der Waals surface area contributed by atoms with Gasteiger partial charge in [0, 0.05) is 15.9 Å². The van der Waals surface area contributed by atoms with Gasteiger partial charge in [-0.15, -0.1) is 0 Å². The van der Waals surface area contributed by atoms with Crippen molar-refractivity contribution in [3.63, 3.8) is 0 Å². The van der Waals surface area contributed by atoms with Crippen molar-refractivity contribution in [1.82, 2.24) is 0 Å². The van der Waals surface area contributed by atoms with E-state index in [9.17, 15) is 4.79 Å². The third-order valence-electron chi connectivity index (χ3n) is 2.09. The Hall–Kier alpha value is -0.610. The van der Waals surface area contributed by atoms with E-state index in [1.807, 2.05) is 18.2 Å². The summed E-state index contributed by atoms with van der Waals surface area (Å²) in [4.78, 5) is 10.4. The van der Waals surface area contributed by atoms with Crippen LogP contribution in [0, 0.1) is 0 Å². The molecule has 86 valence electrons. The molecule has 0 saturated carbocycles. The number of carbonyl (C=O) groups is 1. The first-order valence-corrected chi connectivity index (χ1v) is 6.81. The molecule has 0 aromatic heterocycles. The van der Waals surface area contributed by atoms with Crippen LogP contribution in [0.4, 0.5) is 0 Å². The second-order valence-corrected chi connectivity index (χ2v) is 4.87. The highest BCUT2D eigenvalue weighted by Gasteiger charge is 2.03. The zero-order valence-corrected chi connectivity index (χ0v) is 11.8. The topological polar surface area (TPSA) is 37.3 Å². The lowest BCUT2D eigenvalue weighted by Gasteiger charge is -2.06. The van der Waals surface area contributed by atoms with E-state index in [0.29, 0.717) is 0 Å². The number of rotatable bonds is 5. The number of benzene rings is 1. The molecule has 4 heteroatoms. The van der Waals surface area contributed by atoms with Crippen molar-refractivity contribution >= 4 is 43.9 Å². The number of halogens is 2. The molecule has 16 heavy (non-hydrogen) atoms. The van der Waals surface area contributed by atoms with Crippen LogP contribution in [0.3, 0.4) is 0 Å². The van der Waals surface area contributed by atoms with Gasteiger partial charge in [0.1, 0.15) is 0 Å². The maximum atomic E-state index is 10.4. The van der Waals surface area contributed by atoms with E-state index in [-0.39, 0.29) is 0 Å². The number of hydrogen-bond acceptors (Lipinski definition) is 1. The van der Waals surface area contributed by atoms with Crippen molar-refractivity contribution in [3.8, 4) is 0 Å². The highest BCUT2D eigenvalue weighted by Crippen LogP contribution is 2.24. The zero-order chi connectivity index (χ0) is 12.0. The van der Waals surface area contributed by atoms with Crippen LogP contribution < -0.4 is 0 Å². The quantitative estimate of drug-likeness (QED) is 0.648. The van der Waals surface area contributed by atoms with Gasteiger partial charge < -0.3 is 5.11 Å². The van der Waals surface area contributed by atoms with Crippen LogP contribution in [0.25, 0.3) is 6.08 Å². The molecule has 0 aliphatic carbocycles. The highest BCUT2D eigenvalue weighted by molar-refractivity contribution is 9.10. The number of alkyl halides is 1. The lowest BCUT2D eigenvalue weighted by atomic mass is 10.1. The molecule has 0 aliphatic rings. The predicted molar refractivity (Wildman–Crippen MR) is 72.9 cm³/mol. The third-order valence-corrected chi connectivity index (χ3v) is 3.62. The molecular formula is C12H12Br2O2. The van der Waals surface area contributed by atoms with Gasteiger partial charge in [0.2, 0.25) is 0 Å². The number of carboxylic acids is 1. The zero-order valence-electron chi connectivity index (χ0n) is 8.62. The lowest BCUT2D eigenvalue weighted by Crippen LogP contribution is -1.91. The molecule has 0 fully saturated rings. The first-order chi connectivity index (χ1) is 7.65. The summed E-state index contributed by atoms with van der Waals surface area (Å²) in [7, 11) is 0. The fourth-order valence-corrected chi connectivity index (χ4v) is 2.21. The van der Waals surface area contributed by atoms with E-state index >= 15 is 0 Å². The number of aryl methyl sites for hydroxylation is 1. The van der Waals surface area contributed by atoms with Gasteiger partial charge in [0.25, 0.3) is 0 Å². The average molecular weight is 348 g/mol. The molecule has 0 atom stereocenters. The van der Waals surface area contributed by atoms with Crippen molar-refractivity contribution < 1.29 is 9.90 Å². The molecule has 1 aromatic carbocycles. The number of aliphatic carboxylic acids is 1. The van der Waals surface area contributed by atoms with Crippen molar-refractivity contribution in [1.29, 1.82) is 0 Å². The second-order valence-electron chi connectivity index (χ2n) is 3.28. The predicted octanol–water partition coefficient (Wildman–Crippen LogP) is 3.87. The smallest absolute Gasteiger partial charge is 0.328 e. The minimum absolute atomic E-state index is 0.898. The molecule has 1 N–H and O–H groups in total. The minimum atomic E-state index is -0.933. The van der Waals surface area contributed by atoms with Gasteiger partial charge in [-0.2, -0.15) is 0 Å². The fourth-order valence-electron chi connectivity index (χ4n) is 1.34. The second kappa shape index (κ2) is 6.86. The molecule has 0 amide bonds. The molecule has 1 rings (SSSR count). The summed E-state index contributed by atoms with van der Waals surface area (Å²) >= 11 is 6.89. The van der Waals surface area contributed by atoms with E-state index in [1.165, 1.54) is 5.56 Å². The van der Waals surface area contributed by atoms with E-state index in [2.05, 4.69) is 31.9 Å². The van der Waals surface area contributed by atoms with Gasteiger partial charge in [-0.25, -0.2) is 4.79 Å². The Morgan fingerprint density at radius 3 is 2.81 bits per heavy atom.